The minimum Gasteiger partial charge on any atom is -0.496 e. The third-order valence-electron chi connectivity index (χ3n) is 4.79. The maximum atomic E-state index is 12.4. The van der Waals surface area contributed by atoms with E-state index < -0.39 is 12.1 Å². The van der Waals surface area contributed by atoms with Crippen LogP contribution in [-0.2, 0) is 23.8 Å². The molecule has 1 saturated heterocycles. The van der Waals surface area contributed by atoms with Gasteiger partial charge in [0, 0.05) is 19.2 Å². The molecule has 0 N–H and O–H groups in total. The molecule has 0 bridgehead atoms. The summed E-state index contributed by atoms with van der Waals surface area (Å²) in [6.45, 7) is 4.27. The molecule has 3 atom stereocenters. The highest BCUT2D eigenvalue weighted by molar-refractivity contribution is 5.82. The predicted octanol–water partition coefficient (Wildman–Crippen LogP) is 2.34. The van der Waals surface area contributed by atoms with Crippen molar-refractivity contribution in [2.45, 2.75) is 44.9 Å². The van der Waals surface area contributed by atoms with E-state index in [0.717, 1.165) is 25.0 Å². The van der Waals surface area contributed by atoms with Crippen molar-refractivity contribution < 1.29 is 28.5 Å². The molecule has 1 fully saturated rings. The van der Waals surface area contributed by atoms with E-state index >= 15 is 0 Å². The minimum atomic E-state index is -0.737. The van der Waals surface area contributed by atoms with Crippen molar-refractivity contribution in [2.75, 3.05) is 34.0 Å². The second-order valence-corrected chi connectivity index (χ2v) is 6.64. The van der Waals surface area contributed by atoms with Gasteiger partial charge in [-0.1, -0.05) is 18.2 Å². The summed E-state index contributed by atoms with van der Waals surface area (Å²) in [5.74, 6) is -0.148. The molecule has 150 valence electrons. The molecule has 3 unspecified atom stereocenters. The first-order chi connectivity index (χ1) is 12.9. The van der Waals surface area contributed by atoms with Gasteiger partial charge in [0.1, 0.15) is 5.75 Å². The molecule has 7 nitrogen and oxygen atoms in total. The van der Waals surface area contributed by atoms with Crippen LogP contribution in [-0.4, -0.2) is 63.0 Å². The van der Waals surface area contributed by atoms with Crippen molar-refractivity contribution in [3.05, 3.63) is 29.8 Å². The van der Waals surface area contributed by atoms with Gasteiger partial charge in [-0.15, -0.1) is 0 Å². The van der Waals surface area contributed by atoms with Crippen molar-refractivity contribution in [2.24, 2.45) is 0 Å². The fourth-order valence-electron chi connectivity index (χ4n) is 2.88. The number of amides is 1. The Kier molecular flexibility index (Phi) is 8.06. The SMILES string of the molecule is COc1ccccc1C(C)N(C)C(=O)COC(=O)C(C)OCC1CCCO1. The van der Waals surface area contributed by atoms with E-state index in [-0.39, 0.29) is 24.7 Å². The number of hydrogen-bond donors (Lipinski definition) is 0. The van der Waals surface area contributed by atoms with Gasteiger partial charge in [-0.25, -0.2) is 4.79 Å². The number of carbonyl (C=O) groups is 2. The van der Waals surface area contributed by atoms with E-state index in [9.17, 15) is 9.59 Å². The normalized spacial score (nSPS) is 18.6. The zero-order valence-corrected chi connectivity index (χ0v) is 16.5. The van der Waals surface area contributed by atoms with Crippen LogP contribution in [0.3, 0.4) is 0 Å². The molecule has 0 aromatic heterocycles. The van der Waals surface area contributed by atoms with E-state index in [1.54, 1.807) is 21.1 Å². The van der Waals surface area contributed by atoms with Crippen molar-refractivity contribution in [1.29, 1.82) is 0 Å². The van der Waals surface area contributed by atoms with Crippen LogP contribution in [0.15, 0.2) is 24.3 Å². The molecule has 1 aliphatic rings. The number of rotatable bonds is 9. The largest absolute Gasteiger partial charge is 0.496 e. The Balaban J connectivity index is 1.80. The van der Waals surface area contributed by atoms with Crippen LogP contribution < -0.4 is 4.74 Å². The van der Waals surface area contributed by atoms with Gasteiger partial charge in [-0.3, -0.25) is 4.79 Å². The molecule has 1 aromatic rings. The number of hydrogen-bond acceptors (Lipinski definition) is 6. The van der Waals surface area contributed by atoms with Crippen LogP contribution in [0, 0.1) is 0 Å². The maximum absolute atomic E-state index is 12.4. The van der Waals surface area contributed by atoms with E-state index in [1.807, 2.05) is 31.2 Å². The van der Waals surface area contributed by atoms with Gasteiger partial charge in [0.05, 0.1) is 25.9 Å². The van der Waals surface area contributed by atoms with Crippen LogP contribution in [0.4, 0.5) is 0 Å². The molecular weight excluding hydrogens is 350 g/mol. The summed E-state index contributed by atoms with van der Waals surface area (Å²) < 4.78 is 21.4. The number of carbonyl (C=O) groups excluding carboxylic acids is 2. The molecule has 2 rings (SSSR count). The minimum absolute atomic E-state index is 0.0368. The second kappa shape index (κ2) is 10.3. The molecule has 0 radical (unpaired) electrons. The van der Waals surface area contributed by atoms with Crippen LogP contribution >= 0.6 is 0 Å². The van der Waals surface area contributed by atoms with Gasteiger partial charge in [-0.2, -0.15) is 0 Å². The van der Waals surface area contributed by atoms with E-state index in [4.69, 9.17) is 18.9 Å². The van der Waals surface area contributed by atoms with Crippen LogP contribution in [0.5, 0.6) is 5.75 Å². The predicted molar refractivity (Wildman–Crippen MR) is 99.5 cm³/mol. The van der Waals surface area contributed by atoms with E-state index in [0.29, 0.717) is 12.4 Å². The molecule has 27 heavy (non-hydrogen) atoms. The Morgan fingerprint density at radius 2 is 2.04 bits per heavy atom. The van der Waals surface area contributed by atoms with Crippen molar-refractivity contribution in [3.63, 3.8) is 0 Å². The third kappa shape index (κ3) is 5.94. The number of esters is 1. The lowest BCUT2D eigenvalue weighted by Crippen LogP contribution is -2.35. The molecule has 0 saturated carbocycles. The number of likely N-dealkylation sites (N-methyl/N-ethyl adjacent to an activating group) is 1. The van der Waals surface area contributed by atoms with Gasteiger partial charge in [0.15, 0.2) is 12.7 Å². The quantitative estimate of drug-likeness (QED) is 0.613. The summed E-state index contributed by atoms with van der Waals surface area (Å²) in [6.07, 6.45) is 1.25. The summed E-state index contributed by atoms with van der Waals surface area (Å²) in [5.41, 5.74) is 0.885. The highest BCUT2D eigenvalue weighted by Gasteiger charge is 2.24. The Hall–Kier alpha value is -2.12. The van der Waals surface area contributed by atoms with E-state index in [1.165, 1.54) is 4.90 Å². The lowest BCUT2D eigenvalue weighted by molar-refractivity contribution is -0.162. The highest BCUT2D eigenvalue weighted by Crippen LogP contribution is 2.28. The van der Waals surface area contributed by atoms with Crippen molar-refractivity contribution >= 4 is 11.9 Å². The molecule has 1 amide bonds. The van der Waals surface area contributed by atoms with Gasteiger partial charge >= 0.3 is 5.97 Å². The van der Waals surface area contributed by atoms with Gasteiger partial charge < -0.3 is 23.8 Å². The molecule has 1 heterocycles. The monoisotopic (exact) mass is 379 g/mol. The average molecular weight is 379 g/mol. The molecule has 1 aromatic carbocycles. The maximum Gasteiger partial charge on any atom is 0.335 e. The van der Waals surface area contributed by atoms with Gasteiger partial charge in [-0.05, 0) is 32.8 Å². The zero-order chi connectivity index (χ0) is 19.8. The van der Waals surface area contributed by atoms with Gasteiger partial charge in [0.2, 0.25) is 0 Å². The summed E-state index contributed by atoms with van der Waals surface area (Å²) in [5, 5.41) is 0. The summed E-state index contributed by atoms with van der Waals surface area (Å²) in [7, 11) is 3.26. The van der Waals surface area contributed by atoms with Crippen LogP contribution in [0.2, 0.25) is 0 Å². The summed E-state index contributed by atoms with van der Waals surface area (Å²) in [4.78, 5) is 26.0. The molecular formula is C20H29NO6. The highest BCUT2D eigenvalue weighted by atomic mass is 16.6. The molecule has 1 aliphatic heterocycles. The Morgan fingerprint density at radius 1 is 1.30 bits per heavy atom. The number of benzene rings is 1. The smallest absolute Gasteiger partial charge is 0.335 e. The first-order valence-corrected chi connectivity index (χ1v) is 9.22. The number of methoxy groups -OCH3 is 1. The average Bonchev–Trinajstić information content (AvgIpc) is 3.22. The van der Waals surface area contributed by atoms with Crippen molar-refractivity contribution in [1.82, 2.24) is 4.90 Å². The van der Waals surface area contributed by atoms with Crippen LogP contribution in [0.1, 0.15) is 38.3 Å². The lowest BCUT2D eigenvalue weighted by atomic mass is 10.1. The Morgan fingerprint density at radius 3 is 2.70 bits per heavy atom. The number of para-hydroxylation sites is 1. The zero-order valence-electron chi connectivity index (χ0n) is 16.5. The fraction of sp³-hybridized carbons (Fsp3) is 0.600. The number of nitrogens with zero attached hydrogens (tertiary/aromatic N) is 1. The topological polar surface area (TPSA) is 74.3 Å². The Labute approximate surface area is 160 Å². The summed E-state index contributed by atoms with van der Waals surface area (Å²) in [6, 6.07) is 7.29. The first-order valence-electron chi connectivity index (χ1n) is 9.22. The van der Waals surface area contributed by atoms with Crippen LogP contribution in [0.25, 0.3) is 0 Å². The standard InChI is InChI=1S/C20H29NO6/c1-14(17-9-5-6-10-18(17)24-4)21(3)19(22)13-27-20(23)15(2)26-12-16-8-7-11-25-16/h5-6,9-10,14-16H,7-8,11-13H2,1-4H3. The second-order valence-electron chi connectivity index (χ2n) is 6.64. The van der Waals surface area contributed by atoms with Gasteiger partial charge in [0.25, 0.3) is 5.91 Å². The number of ether oxygens (including phenoxy) is 4. The third-order valence-corrected chi connectivity index (χ3v) is 4.79. The first kappa shape index (κ1) is 21.2. The Bertz CT molecular complexity index is 629. The lowest BCUT2D eigenvalue weighted by Gasteiger charge is -2.26. The molecule has 7 heteroatoms. The summed E-state index contributed by atoms with van der Waals surface area (Å²) >= 11 is 0. The van der Waals surface area contributed by atoms with E-state index in [2.05, 4.69) is 0 Å². The molecule has 0 spiro atoms. The molecule has 0 aliphatic carbocycles. The fourth-order valence-corrected chi connectivity index (χ4v) is 2.88. The van der Waals surface area contributed by atoms with Crippen molar-refractivity contribution in [3.8, 4) is 5.75 Å².